The van der Waals surface area contributed by atoms with Gasteiger partial charge in [0.1, 0.15) is 0 Å². The minimum Gasteiger partial charge on any atom is -1.00 e. The summed E-state index contributed by atoms with van der Waals surface area (Å²) in [6, 6.07) is 30.3. The first kappa shape index (κ1) is 39.6. The molecule has 0 fully saturated rings. The van der Waals surface area contributed by atoms with Gasteiger partial charge < -0.3 is 24.8 Å². The fourth-order valence-corrected chi connectivity index (χ4v) is 7.65. The van der Waals surface area contributed by atoms with E-state index in [9.17, 15) is 0 Å². The number of hydrogen-bond donors (Lipinski definition) is 0. The summed E-state index contributed by atoms with van der Waals surface area (Å²) < 4.78 is 1.46. The fourth-order valence-electron chi connectivity index (χ4n) is 5.33. The van der Waals surface area contributed by atoms with Gasteiger partial charge in [-0.25, -0.2) is 6.07 Å². The maximum atomic E-state index is 3.67. The summed E-state index contributed by atoms with van der Waals surface area (Å²) in [5.41, 5.74) is 13.0. The van der Waals surface area contributed by atoms with Gasteiger partial charge in [-0.1, -0.05) is 98.8 Å². The molecule has 0 saturated heterocycles. The molecule has 4 aromatic rings. The first-order valence-corrected chi connectivity index (χ1v) is 19.7. The zero-order valence-electron chi connectivity index (χ0n) is 28.4. The summed E-state index contributed by atoms with van der Waals surface area (Å²) in [5, 5.41) is 1.62. The van der Waals surface area contributed by atoms with Crippen molar-refractivity contribution in [3.8, 4) is 11.1 Å². The van der Waals surface area contributed by atoms with Crippen LogP contribution in [0.15, 0.2) is 72.8 Å². The molecule has 0 unspecified atom stereocenters. The molecule has 0 radical (unpaired) electrons. The van der Waals surface area contributed by atoms with Crippen LogP contribution in [-0.2, 0) is 41.5 Å². The molecule has 0 heterocycles. The second-order valence-corrected chi connectivity index (χ2v) is 21.6. The van der Waals surface area contributed by atoms with Crippen LogP contribution in [0, 0.1) is 19.9 Å². The average Bonchev–Trinajstić information content (AvgIpc) is 3.42. The van der Waals surface area contributed by atoms with Crippen molar-refractivity contribution in [3.05, 3.63) is 118 Å². The SMILES string of the molecule is CC(C)(C)c1[c-]c2c(cc1)-c1ccc(C(C)(C)C)cc1C2.C[C](=[Zr+2])c1ccccc1.Cc1cc([Si](C)(C)C)c(C)[cH-]1.[Cl-].[Cl-]. The molecule has 43 heavy (non-hydrogen) atoms. The van der Waals surface area contributed by atoms with Crippen LogP contribution in [0.2, 0.25) is 19.6 Å². The molecular formula is C39H50Cl2SiZr-2. The maximum absolute atomic E-state index is 3.67. The number of halogens is 2. The topological polar surface area (TPSA) is 0 Å². The van der Waals surface area contributed by atoms with Crippen molar-refractivity contribution < 1.29 is 49.0 Å². The summed E-state index contributed by atoms with van der Waals surface area (Å²) in [6.07, 6.45) is 1.03. The van der Waals surface area contributed by atoms with Crippen LogP contribution in [-0.4, -0.2) is 11.3 Å². The number of hydrogen-bond acceptors (Lipinski definition) is 0. The Morgan fingerprint density at radius 3 is 1.79 bits per heavy atom. The van der Waals surface area contributed by atoms with E-state index in [1.54, 1.807) is 5.19 Å². The maximum Gasteiger partial charge on any atom is 0.00418 e. The van der Waals surface area contributed by atoms with E-state index in [1.807, 2.05) is 6.07 Å². The second kappa shape index (κ2) is 15.7. The first-order chi connectivity index (χ1) is 18.9. The van der Waals surface area contributed by atoms with Gasteiger partial charge >= 0.3 is 70.3 Å². The van der Waals surface area contributed by atoms with E-state index in [4.69, 9.17) is 0 Å². The van der Waals surface area contributed by atoms with E-state index in [1.165, 1.54) is 77.5 Å². The predicted molar refractivity (Wildman–Crippen MR) is 182 cm³/mol. The van der Waals surface area contributed by atoms with Gasteiger partial charge in [-0.15, -0.1) is 11.1 Å². The Kier molecular flexibility index (Phi) is 14.5. The van der Waals surface area contributed by atoms with E-state index in [2.05, 4.69) is 155 Å². The summed E-state index contributed by atoms with van der Waals surface area (Å²) in [7, 11) is -1.06. The Balaban J connectivity index is 0.000000356. The van der Waals surface area contributed by atoms with Crippen molar-refractivity contribution in [2.45, 2.75) is 99.2 Å². The third kappa shape index (κ3) is 10.8. The van der Waals surface area contributed by atoms with Crippen molar-refractivity contribution in [1.29, 1.82) is 0 Å². The minimum atomic E-state index is -1.06. The molecule has 0 spiro atoms. The minimum absolute atomic E-state index is 0. The largest absolute Gasteiger partial charge is 1.00 e. The van der Waals surface area contributed by atoms with Gasteiger partial charge in [-0.2, -0.15) is 46.1 Å². The van der Waals surface area contributed by atoms with Crippen LogP contribution in [0.3, 0.4) is 0 Å². The molecule has 0 nitrogen and oxygen atoms in total. The van der Waals surface area contributed by atoms with Gasteiger partial charge in [0.15, 0.2) is 0 Å². The van der Waals surface area contributed by atoms with Crippen LogP contribution >= 0.6 is 0 Å². The molecule has 0 saturated carbocycles. The molecule has 0 N–H and O–H groups in total. The molecule has 0 aliphatic heterocycles. The van der Waals surface area contributed by atoms with E-state index < -0.39 is 8.07 Å². The van der Waals surface area contributed by atoms with Gasteiger partial charge in [0.2, 0.25) is 0 Å². The molecule has 0 amide bonds. The summed E-state index contributed by atoms with van der Waals surface area (Å²) >= 11 is 1.51. The normalized spacial score (nSPS) is 11.9. The third-order valence-electron chi connectivity index (χ3n) is 7.72. The van der Waals surface area contributed by atoms with Crippen LogP contribution in [0.25, 0.3) is 11.1 Å². The summed E-state index contributed by atoms with van der Waals surface area (Å²) in [5.74, 6) is 0. The van der Waals surface area contributed by atoms with Crippen molar-refractivity contribution in [2.75, 3.05) is 0 Å². The summed E-state index contributed by atoms with van der Waals surface area (Å²) in [4.78, 5) is 0. The van der Waals surface area contributed by atoms with Gasteiger partial charge in [0.25, 0.3) is 0 Å². The number of aryl methyl sites for hydroxylation is 2. The van der Waals surface area contributed by atoms with E-state index in [0.717, 1.165) is 6.42 Å². The first-order valence-electron chi connectivity index (χ1n) is 14.9. The van der Waals surface area contributed by atoms with Gasteiger partial charge in [0, 0.05) is 8.07 Å². The monoisotopic (exact) mass is 706 g/mol. The molecule has 0 bridgehead atoms. The van der Waals surface area contributed by atoms with Gasteiger partial charge in [-0.05, 0) is 28.4 Å². The summed E-state index contributed by atoms with van der Waals surface area (Å²) in [6.45, 7) is 27.4. The molecular weight excluding hydrogens is 659 g/mol. The van der Waals surface area contributed by atoms with E-state index >= 15 is 0 Å². The molecule has 230 valence electrons. The molecule has 4 aromatic carbocycles. The molecule has 0 aromatic heterocycles. The zero-order valence-corrected chi connectivity index (χ0v) is 33.4. The number of benzene rings is 3. The Bertz CT molecular complexity index is 1430. The number of rotatable bonds is 2. The molecule has 0 atom stereocenters. The Morgan fingerprint density at radius 2 is 1.37 bits per heavy atom. The van der Waals surface area contributed by atoms with Crippen LogP contribution < -0.4 is 30.0 Å². The number of fused-ring (bicyclic) bond motifs is 3. The molecule has 4 heteroatoms. The van der Waals surface area contributed by atoms with Crippen molar-refractivity contribution in [3.63, 3.8) is 0 Å². The third-order valence-corrected chi connectivity index (χ3v) is 10.6. The quantitative estimate of drug-likeness (QED) is 0.192. The molecule has 5 rings (SSSR count). The molecule has 1 aliphatic carbocycles. The van der Waals surface area contributed by atoms with E-state index in [-0.39, 0.29) is 35.6 Å². The van der Waals surface area contributed by atoms with Gasteiger partial charge in [0.05, 0.1) is 0 Å². The Hall–Kier alpha value is -1.44. The Morgan fingerprint density at radius 1 is 0.791 bits per heavy atom. The smallest absolute Gasteiger partial charge is 0.00418 e. The standard InChI is InChI=1S/C21H25.C10H17Si.C8H8.2ClH.Zr/c1-20(2,3)16-7-9-18-14(12-16)11-15-13-17(21(4,5)6)8-10-19(15)18;1-8-6-9(2)10(7-8)11(3,4)5;1-2-8-6-4-3-5-7-8;;;/h7-10,12H,11H2,1-6H3;6-7H,1-5H3;3-7H,1H3;2*1H;/q2*-1;;;;+2/p-2. The second-order valence-electron chi connectivity index (χ2n) is 14.7. The average molecular weight is 709 g/mol. The van der Waals surface area contributed by atoms with E-state index in [0.29, 0.717) is 0 Å². The van der Waals surface area contributed by atoms with Crippen LogP contribution in [0.4, 0.5) is 0 Å². The van der Waals surface area contributed by atoms with Gasteiger partial charge in [-0.3, -0.25) is 0 Å². The van der Waals surface area contributed by atoms with Crippen molar-refractivity contribution in [2.24, 2.45) is 0 Å². The predicted octanol–water partition coefficient (Wildman–Crippen LogP) is 4.00. The van der Waals surface area contributed by atoms with Crippen molar-refractivity contribution >= 4 is 16.5 Å². The molecule has 1 aliphatic rings. The van der Waals surface area contributed by atoms with Crippen LogP contribution in [0.1, 0.15) is 87.4 Å². The Labute approximate surface area is 291 Å². The van der Waals surface area contributed by atoms with Crippen molar-refractivity contribution in [1.82, 2.24) is 0 Å². The van der Waals surface area contributed by atoms with Crippen LogP contribution in [0.5, 0.6) is 0 Å². The zero-order chi connectivity index (χ0) is 30.8. The fraction of sp³-hybridized carbons (Fsp3) is 0.385.